The molecule has 5 nitrogen and oxygen atoms in total. The Hall–Kier alpha value is -3.57. The summed E-state index contributed by atoms with van der Waals surface area (Å²) in [6.07, 6.45) is 5.19. The largest absolute Gasteiger partial charge is 0.489 e. The normalized spacial score (nSPS) is 18.1. The van der Waals surface area contributed by atoms with Gasteiger partial charge in [0.1, 0.15) is 18.5 Å². The Morgan fingerprint density at radius 3 is 2.54 bits per heavy atom. The van der Waals surface area contributed by atoms with Crippen molar-refractivity contribution in [3.8, 4) is 5.75 Å². The second kappa shape index (κ2) is 10.4. The van der Waals surface area contributed by atoms with Crippen molar-refractivity contribution in [2.75, 3.05) is 13.1 Å². The van der Waals surface area contributed by atoms with Gasteiger partial charge in [-0.2, -0.15) is 0 Å². The van der Waals surface area contributed by atoms with Gasteiger partial charge in [-0.25, -0.2) is 4.79 Å². The number of aromatic nitrogens is 1. The summed E-state index contributed by atoms with van der Waals surface area (Å²) in [5.74, 6) is 1.26. The molecular formula is C32H34N2O3. The van der Waals surface area contributed by atoms with E-state index in [1.54, 1.807) is 0 Å². The molecule has 1 unspecified atom stereocenters. The molecule has 0 bridgehead atoms. The van der Waals surface area contributed by atoms with E-state index in [1.165, 1.54) is 30.4 Å². The van der Waals surface area contributed by atoms with Crippen LogP contribution in [0.15, 0.2) is 72.8 Å². The van der Waals surface area contributed by atoms with Crippen molar-refractivity contribution in [1.29, 1.82) is 0 Å². The molecule has 1 N–H and O–H groups in total. The van der Waals surface area contributed by atoms with Crippen LogP contribution in [0.25, 0.3) is 10.9 Å². The van der Waals surface area contributed by atoms with Gasteiger partial charge in [-0.1, -0.05) is 61.0 Å². The van der Waals surface area contributed by atoms with Crippen molar-refractivity contribution in [2.45, 2.75) is 57.8 Å². The molecule has 1 saturated heterocycles. The predicted octanol–water partition coefficient (Wildman–Crippen LogP) is 6.75. The number of aromatic amines is 1. The van der Waals surface area contributed by atoms with Crippen LogP contribution in [0.5, 0.6) is 5.75 Å². The van der Waals surface area contributed by atoms with Crippen LogP contribution < -0.4 is 4.74 Å². The van der Waals surface area contributed by atoms with Crippen LogP contribution in [0.3, 0.4) is 0 Å². The molecule has 5 heteroatoms. The summed E-state index contributed by atoms with van der Waals surface area (Å²) in [7, 11) is 0. The Kier molecular flexibility index (Phi) is 6.71. The van der Waals surface area contributed by atoms with Gasteiger partial charge in [0.05, 0.1) is 5.56 Å². The van der Waals surface area contributed by atoms with Crippen LogP contribution in [0.1, 0.15) is 64.3 Å². The zero-order valence-electron chi connectivity index (χ0n) is 21.4. The average Bonchev–Trinajstić information content (AvgIpc) is 3.45. The maximum absolute atomic E-state index is 13.0. The fourth-order valence-corrected chi connectivity index (χ4v) is 5.56. The monoisotopic (exact) mass is 494 g/mol. The zero-order valence-corrected chi connectivity index (χ0v) is 21.4. The van der Waals surface area contributed by atoms with Gasteiger partial charge in [0.2, 0.25) is 0 Å². The van der Waals surface area contributed by atoms with E-state index >= 15 is 0 Å². The molecule has 1 saturated carbocycles. The quantitative estimate of drug-likeness (QED) is 0.275. The maximum Gasteiger partial charge on any atom is 0.340 e. The summed E-state index contributed by atoms with van der Waals surface area (Å²) < 4.78 is 12.0. The summed E-state index contributed by atoms with van der Waals surface area (Å²) in [5, 5.41) is 0.842. The van der Waals surface area contributed by atoms with E-state index in [0.717, 1.165) is 59.9 Å². The molecule has 0 amide bonds. The number of carbonyl (C=O) groups excluding carboxylic acids is 1. The van der Waals surface area contributed by atoms with Crippen LogP contribution in [0.4, 0.5) is 0 Å². The van der Waals surface area contributed by atoms with Gasteiger partial charge in [0, 0.05) is 36.2 Å². The third-order valence-electron chi connectivity index (χ3n) is 7.87. The highest BCUT2D eigenvalue weighted by Gasteiger charge is 2.25. The molecule has 6 rings (SSSR count). The van der Waals surface area contributed by atoms with E-state index in [9.17, 15) is 4.79 Å². The first-order valence-corrected chi connectivity index (χ1v) is 13.4. The smallest absolute Gasteiger partial charge is 0.340 e. The Bertz CT molecular complexity index is 1370. The number of H-pyrrole nitrogens is 1. The van der Waals surface area contributed by atoms with Crippen molar-refractivity contribution >= 4 is 16.9 Å². The third-order valence-corrected chi connectivity index (χ3v) is 7.87. The lowest BCUT2D eigenvalue weighted by Crippen LogP contribution is -2.24. The van der Waals surface area contributed by atoms with E-state index in [1.807, 2.05) is 55.5 Å². The average molecular weight is 495 g/mol. The van der Waals surface area contributed by atoms with E-state index in [4.69, 9.17) is 9.47 Å². The lowest BCUT2D eigenvalue weighted by atomic mass is 9.80. The predicted molar refractivity (Wildman–Crippen MR) is 146 cm³/mol. The van der Waals surface area contributed by atoms with Gasteiger partial charge in [-0.15, -0.1) is 0 Å². The highest BCUT2D eigenvalue weighted by atomic mass is 16.5. The third kappa shape index (κ3) is 5.28. The minimum atomic E-state index is -0.319. The number of rotatable bonds is 8. The lowest BCUT2D eigenvalue weighted by Gasteiger charge is -2.26. The molecule has 0 spiro atoms. The minimum Gasteiger partial charge on any atom is -0.489 e. The number of carbonyl (C=O) groups is 1. The Morgan fingerprint density at radius 1 is 0.973 bits per heavy atom. The molecular weight excluding hydrogens is 460 g/mol. The summed E-state index contributed by atoms with van der Waals surface area (Å²) in [4.78, 5) is 18.8. The van der Waals surface area contributed by atoms with Gasteiger partial charge in [-0.3, -0.25) is 4.90 Å². The van der Waals surface area contributed by atoms with Crippen LogP contribution in [-0.2, 0) is 17.9 Å². The number of hydrogen-bond acceptors (Lipinski definition) is 4. The molecule has 1 aliphatic heterocycles. The summed E-state index contributed by atoms with van der Waals surface area (Å²) >= 11 is 0. The van der Waals surface area contributed by atoms with Crippen molar-refractivity contribution in [2.24, 2.45) is 0 Å². The van der Waals surface area contributed by atoms with E-state index in [0.29, 0.717) is 5.56 Å². The molecule has 3 aromatic carbocycles. The number of nitrogens with one attached hydrogen (secondary N) is 1. The molecule has 37 heavy (non-hydrogen) atoms. The van der Waals surface area contributed by atoms with Crippen molar-refractivity contribution in [3.63, 3.8) is 0 Å². The standard InChI is InChI=1S/C32H34N2O3/c1-22-31(32(35)36-21-24-6-3-2-4-7-24)29-18-27(14-15-30(29)33-22)37-28-16-17-34(20-28)19-23-10-12-26(13-11-23)25-8-5-9-25/h2-4,6-7,10-15,18,25,28,33H,5,8-9,16-17,19-21H2,1H3. The van der Waals surface area contributed by atoms with E-state index in [2.05, 4.69) is 34.1 Å². The number of ether oxygens (including phenoxy) is 2. The Balaban J connectivity index is 1.09. The second-order valence-electron chi connectivity index (χ2n) is 10.5. The summed E-state index contributed by atoms with van der Waals surface area (Å²) in [5.41, 5.74) is 6.13. The number of benzene rings is 3. The zero-order chi connectivity index (χ0) is 25.2. The lowest BCUT2D eigenvalue weighted by molar-refractivity contribution is 0.0474. The van der Waals surface area contributed by atoms with Gasteiger partial charge in [0.15, 0.2) is 0 Å². The molecule has 2 fully saturated rings. The van der Waals surface area contributed by atoms with Crippen molar-refractivity contribution < 1.29 is 14.3 Å². The van der Waals surface area contributed by atoms with Crippen molar-refractivity contribution in [3.05, 3.63) is 101 Å². The minimum absolute atomic E-state index is 0.139. The number of fused-ring (bicyclic) bond motifs is 1. The van der Waals surface area contributed by atoms with Gasteiger partial charge in [-0.05, 0) is 67.0 Å². The van der Waals surface area contributed by atoms with Crippen molar-refractivity contribution in [1.82, 2.24) is 9.88 Å². The van der Waals surface area contributed by atoms with Gasteiger partial charge < -0.3 is 14.5 Å². The molecule has 1 aromatic heterocycles. The maximum atomic E-state index is 13.0. The Morgan fingerprint density at radius 2 is 1.78 bits per heavy atom. The number of nitrogens with zero attached hydrogens (tertiary/aromatic N) is 1. The second-order valence-corrected chi connectivity index (χ2v) is 10.5. The summed E-state index contributed by atoms with van der Waals surface area (Å²) in [6, 6.07) is 24.9. The fourth-order valence-electron chi connectivity index (χ4n) is 5.56. The van der Waals surface area contributed by atoms with E-state index in [-0.39, 0.29) is 18.7 Å². The topological polar surface area (TPSA) is 54.6 Å². The first-order valence-electron chi connectivity index (χ1n) is 13.4. The highest BCUT2D eigenvalue weighted by Crippen LogP contribution is 2.36. The molecule has 2 aliphatic rings. The number of esters is 1. The fraction of sp³-hybridized carbons (Fsp3) is 0.344. The number of aryl methyl sites for hydroxylation is 1. The number of likely N-dealkylation sites (tertiary alicyclic amines) is 1. The first-order chi connectivity index (χ1) is 18.1. The summed E-state index contributed by atoms with van der Waals surface area (Å²) in [6.45, 7) is 5.05. The van der Waals surface area contributed by atoms with Crippen LogP contribution in [0, 0.1) is 6.92 Å². The molecule has 4 aromatic rings. The molecule has 2 heterocycles. The molecule has 190 valence electrons. The highest BCUT2D eigenvalue weighted by molar-refractivity contribution is 6.05. The molecule has 1 aliphatic carbocycles. The number of hydrogen-bond donors (Lipinski definition) is 1. The van der Waals surface area contributed by atoms with Crippen LogP contribution in [0.2, 0.25) is 0 Å². The Labute approximate surface area is 218 Å². The van der Waals surface area contributed by atoms with Gasteiger partial charge >= 0.3 is 5.97 Å². The van der Waals surface area contributed by atoms with Crippen LogP contribution >= 0.6 is 0 Å². The van der Waals surface area contributed by atoms with Crippen LogP contribution in [-0.4, -0.2) is 35.0 Å². The molecule has 1 atom stereocenters. The molecule has 0 radical (unpaired) electrons. The SMILES string of the molecule is Cc1[nH]c2ccc(OC3CCN(Cc4ccc(C5CCC5)cc4)C3)cc2c1C(=O)OCc1ccccc1. The first kappa shape index (κ1) is 23.8. The van der Waals surface area contributed by atoms with E-state index < -0.39 is 0 Å². The van der Waals surface area contributed by atoms with Gasteiger partial charge in [0.25, 0.3) is 0 Å².